The predicted octanol–water partition coefficient (Wildman–Crippen LogP) is 2.33. The van der Waals surface area contributed by atoms with E-state index in [1.54, 1.807) is 24.5 Å². The molecule has 1 aliphatic heterocycles. The molecule has 3 N–H and O–H groups in total. The molecule has 1 saturated heterocycles. The van der Waals surface area contributed by atoms with E-state index in [9.17, 15) is 0 Å². The normalized spacial score (nSPS) is 13.9. The lowest BCUT2D eigenvalue weighted by molar-refractivity contribution is 0.122. The molecule has 0 atom stereocenters. The van der Waals surface area contributed by atoms with Gasteiger partial charge in [-0.3, -0.25) is 0 Å². The largest absolute Gasteiger partial charge is 0.438 e. The number of ether oxygens (including phenoxy) is 2. The van der Waals surface area contributed by atoms with Gasteiger partial charge in [0.2, 0.25) is 5.88 Å². The summed E-state index contributed by atoms with van der Waals surface area (Å²) >= 11 is 0. The molecule has 0 radical (unpaired) electrons. The van der Waals surface area contributed by atoms with Gasteiger partial charge in [0.05, 0.1) is 24.5 Å². The van der Waals surface area contributed by atoms with Crippen LogP contribution in [0.4, 0.5) is 5.82 Å². The maximum Gasteiger partial charge on any atom is 0.230 e. The highest BCUT2D eigenvalue weighted by Crippen LogP contribution is 2.31. The average Bonchev–Trinajstić information content (AvgIpc) is 2.79. The second-order valence-corrected chi connectivity index (χ2v) is 6.86. The number of hydrogen-bond donors (Lipinski definition) is 2. The first-order valence-corrected chi connectivity index (χ1v) is 9.68. The third kappa shape index (κ3) is 4.42. The standard InChI is InChI=1S/C21H23N7O2/c1-14-8-17(9-19(26-14)28-4-6-29-7-5-28)30-21-18(3-2-16(11-23)27-21)20-24-12-15(10-22)13-25-20/h2-3,8-9,11-13,23H,4-7,10,22H2,1H3. The summed E-state index contributed by atoms with van der Waals surface area (Å²) in [6.07, 6.45) is 4.54. The van der Waals surface area contributed by atoms with E-state index in [2.05, 4.69) is 24.8 Å². The maximum absolute atomic E-state index is 7.53. The smallest absolute Gasteiger partial charge is 0.230 e. The molecule has 4 rings (SSSR count). The van der Waals surface area contributed by atoms with Crippen molar-refractivity contribution >= 4 is 12.0 Å². The summed E-state index contributed by atoms with van der Waals surface area (Å²) in [5.41, 5.74) is 8.42. The Morgan fingerprint density at radius 2 is 1.93 bits per heavy atom. The lowest BCUT2D eigenvalue weighted by Crippen LogP contribution is -2.36. The van der Waals surface area contributed by atoms with E-state index in [1.807, 2.05) is 19.1 Å². The van der Waals surface area contributed by atoms with Crippen LogP contribution in [0, 0.1) is 12.3 Å². The first-order valence-electron chi connectivity index (χ1n) is 9.68. The van der Waals surface area contributed by atoms with Gasteiger partial charge in [-0.05, 0) is 19.1 Å². The number of nitrogens with zero attached hydrogens (tertiary/aromatic N) is 5. The molecule has 9 heteroatoms. The fraction of sp³-hybridized carbons (Fsp3) is 0.286. The first-order chi connectivity index (χ1) is 14.7. The van der Waals surface area contributed by atoms with Crippen molar-refractivity contribution in [1.29, 1.82) is 5.41 Å². The van der Waals surface area contributed by atoms with Gasteiger partial charge in [0.15, 0.2) is 5.82 Å². The third-order valence-electron chi connectivity index (χ3n) is 4.67. The van der Waals surface area contributed by atoms with Gasteiger partial charge in [0, 0.05) is 61.6 Å². The van der Waals surface area contributed by atoms with Crippen LogP contribution < -0.4 is 15.4 Å². The molecule has 0 aliphatic carbocycles. The molecule has 0 amide bonds. The zero-order valence-corrected chi connectivity index (χ0v) is 16.7. The quantitative estimate of drug-likeness (QED) is 0.599. The lowest BCUT2D eigenvalue weighted by Gasteiger charge is -2.28. The van der Waals surface area contributed by atoms with E-state index >= 15 is 0 Å². The summed E-state index contributed by atoms with van der Waals surface area (Å²) in [4.78, 5) is 20.0. The van der Waals surface area contributed by atoms with Crippen molar-refractivity contribution in [2.24, 2.45) is 5.73 Å². The Morgan fingerprint density at radius 1 is 1.17 bits per heavy atom. The van der Waals surface area contributed by atoms with Crippen LogP contribution in [-0.4, -0.2) is 52.5 Å². The Morgan fingerprint density at radius 3 is 2.63 bits per heavy atom. The van der Waals surface area contributed by atoms with E-state index in [4.69, 9.17) is 20.6 Å². The van der Waals surface area contributed by atoms with Crippen LogP contribution in [-0.2, 0) is 11.3 Å². The van der Waals surface area contributed by atoms with E-state index < -0.39 is 0 Å². The number of morpholine rings is 1. The van der Waals surface area contributed by atoms with Crippen LogP contribution in [0.5, 0.6) is 11.6 Å². The summed E-state index contributed by atoms with van der Waals surface area (Å²) in [6, 6.07) is 7.27. The first kappa shape index (κ1) is 19.9. The van der Waals surface area contributed by atoms with Crippen molar-refractivity contribution < 1.29 is 9.47 Å². The molecule has 154 valence electrons. The summed E-state index contributed by atoms with van der Waals surface area (Å²) in [5.74, 6) is 2.25. The Kier molecular flexibility index (Phi) is 5.92. The Hall–Kier alpha value is -3.43. The molecule has 4 heterocycles. The molecule has 30 heavy (non-hydrogen) atoms. The topological polar surface area (TPSA) is 123 Å². The van der Waals surface area contributed by atoms with Gasteiger partial charge in [-0.1, -0.05) is 0 Å². The molecule has 0 saturated carbocycles. The number of nitrogens with two attached hydrogens (primary N) is 1. The van der Waals surface area contributed by atoms with Crippen LogP contribution in [0.3, 0.4) is 0 Å². The number of aryl methyl sites for hydroxylation is 1. The van der Waals surface area contributed by atoms with Gasteiger partial charge in [-0.15, -0.1) is 0 Å². The van der Waals surface area contributed by atoms with E-state index in [1.165, 1.54) is 6.21 Å². The molecule has 9 nitrogen and oxygen atoms in total. The molecular weight excluding hydrogens is 382 g/mol. The minimum atomic E-state index is 0.329. The van der Waals surface area contributed by atoms with Gasteiger partial charge in [0.1, 0.15) is 11.6 Å². The Bertz CT molecular complexity index is 1030. The zero-order valence-electron chi connectivity index (χ0n) is 16.7. The van der Waals surface area contributed by atoms with Gasteiger partial charge >= 0.3 is 0 Å². The van der Waals surface area contributed by atoms with E-state index in [0.29, 0.717) is 48.5 Å². The molecule has 0 bridgehead atoms. The van der Waals surface area contributed by atoms with Crippen LogP contribution in [0.25, 0.3) is 11.4 Å². The van der Waals surface area contributed by atoms with Crippen molar-refractivity contribution in [3.05, 3.63) is 53.6 Å². The van der Waals surface area contributed by atoms with Crippen molar-refractivity contribution in [1.82, 2.24) is 19.9 Å². The highest BCUT2D eigenvalue weighted by Gasteiger charge is 2.17. The van der Waals surface area contributed by atoms with E-state index in [0.717, 1.165) is 30.2 Å². The van der Waals surface area contributed by atoms with Crippen LogP contribution >= 0.6 is 0 Å². The summed E-state index contributed by atoms with van der Waals surface area (Å²) in [5, 5.41) is 7.53. The summed E-state index contributed by atoms with van der Waals surface area (Å²) in [7, 11) is 0. The number of rotatable bonds is 6. The third-order valence-corrected chi connectivity index (χ3v) is 4.67. The van der Waals surface area contributed by atoms with Crippen molar-refractivity contribution in [3.63, 3.8) is 0 Å². The molecular formula is C21H23N7O2. The molecule has 3 aromatic heterocycles. The van der Waals surface area contributed by atoms with Gasteiger partial charge in [-0.2, -0.15) is 0 Å². The molecule has 1 aliphatic rings. The molecule has 0 unspecified atom stereocenters. The number of nitrogens with one attached hydrogen (secondary N) is 1. The van der Waals surface area contributed by atoms with Crippen LogP contribution in [0.2, 0.25) is 0 Å². The van der Waals surface area contributed by atoms with Gasteiger partial charge in [0.25, 0.3) is 0 Å². The number of aromatic nitrogens is 4. The fourth-order valence-electron chi connectivity index (χ4n) is 3.13. The van der Waals surface area contributed by atoms with Gasteiger partial charge < -0.3 is 25.5 Å². The number of hydrogen-bond acceptors (Lipinski definition) is 9. The highest BCUT2D eigenvalue weighted by atomic mass is 16.5. The van der Waals surface area contributed by atoms with Crippen molar-refractivity contribution in [3.8, 4) is 23.0 Å². The molecule has 3 aromatic rings. The van der Waals surface area contributed by atoms with Crippen LogP contribution in [0.15, 0.2) is 36.7 Å². The van der Waals surface area contributed by atoms with Gasteiger partial charge in [-0.25, -0.2) is 19.9 Å². The lowest BCUT2D eigenvalue weighted by atomic mass is 10.2. The highest BCUT2D eigenvalue weighted by molar-refractivity contribution is 5.76. The minimum absolute atomic E-state index is 0.329. The van der Waals surface area contributed by atoms with E-state index in [-0.39, 0.29) is 0 Å². The number of pyridine rings is 2. The van der Waals surface area contributed by atoms with Crippen molar-refractivity contribution in [2.45, 2.75) is 13.5 Å². The summed E-state index contributed by atoms with van der Waals surface area (Å²) in [6.45, 7) is 5.21. The number of anilines is 1. The fourth-order valence-corrected chi connectivity index (χ4v) is 3.13. The molecule has 1 fully saturated rings. The summed E-state index contributed by atoms with van der Waals surface area (Å²) < 4.78 is 11.6. The second kappa shape index (κ2) is 8.93. The molecule has 0 aromatic carbocycles. The van der Waals surface area contributed by atoms with Crippen LogP contribution in [0.1, 0.15) is 17.0 Å². The van der Waals surface area contributed by atoms with Crippen molar-refractivity contribution in [2.75, 3.05) is 31.2 Å². The second-order valence-electron chi connectivity index (χ2n) is 6.86. The maximum atomic E-state index is 7.53. The Balaban J connectivity index is 1.69. The Labute approximate surface area is 174 Å². The predicted molar refractivity (Wildman–Crippen MR) is 113 cm³/mol. The zero-order chi connectivity index (χ0) is 20.9. The average molecular weight is 405 g/mol. The SMILES string of the molecule is Cc1cc(Oc2nc(C=N)ccc2-c2ncc(CN)cn2)cc(N2CCOCC2)n1. The minimum Gasteiger partial charge on any atom is -0.438 e. The molecule has 0 spiro atoms. The monoisotopic (exact) mass is 405 g/mol.